The number of hydrogen-bond donors (Lipinski definition) is 2. The maximum absolute atomic E-state index is 11.8. The van der Waals surface area contributed by atoms with Crippen LogP contribution in [0.25, 0.3) is 10.9 Å². The van der Waals surface area contributed by atoms with Gasteiger partial charge >= 0.3 is 5.97 Å². The summed E-state index contributed by atoms with van der Waals surface area (Å²) in [6.07, 6.45) is 3.76. The van der Waals surface area contributed by atoms with Gasteiger partial charge in [0.2, 0.25) is 0 Å². The van der Waals surface area contributed by atoms with Gasteiger partial charge in [-0.25, -0.2) is 4.79 Å². The van der Waals surface area contributed by atoms with Gasteiger partial charge in [-0.1, -0.05) is 6.07 Å². The zero-order valence-corrected chi connectivity index (χ0v) is 15.9. The van der Waals surface area contributed by atoms with E-state index in [2.05, 4.69) is 20.7 Å². The Morgan fingerprint density at radius 2 is 2.29 bits per heavy atom. The number of carbonyl (C=O) groups excluding carboxylic acids is 1. The first-order valence-electron chi connectivity index (χ1n) is 7.84. The molecule has 0 spiro atoms. The van der Waals surface area contributed by atoms with Crippen molar-refractivity contribution in [1.29, 1.82) is 0 Å². The zero-order chi connectivity index (χ0) is 16.1. The first-order chi connectivity index (χ1) is 11.3. The molecule has 1 aliphatic heterocycles. The van der Waals surface area contributed by atoms with Crippen molar-refractivity contribution in [3.8, 4) is 0 Å². The molecule has 0 atom stereocenters. The van der Waals surface area contributed by atoms with Crippen molar-refractivity contribution in [1.82, 2.24) is 20.4 Å². The number of nitrogens with one attached hydrogen (secondary N) is 2. The number of aromatic nitrogens is 2. The van der Waals surface area contributed by atoms with Crippen molar-refractivity contribution in [2.75, 3.05) is 26.7 Å². The number of aryl methyl sites for hydroxylation is 1. The Labute approximate surface area is 157 Å². The summed E-state index contributed by atoms with van der Waals surface area (Å²) >= 11 is 0. The minimum Gasteiger partial charge on any atom is -0.465 e. The molecule has 0 aliphatic carbocycles. The molecular formula is C16H22IN5O2. The van der Waals surface area contributed by atoms with Crippen LogP contribution in [0, 0.1) is 0 Å². The largest absolute Gasteiger partial charge is 0.465 e. The van der Waals surface area contributed by atoms with Gasteiger partial charge in [0.25, 0.3) is 0 Å². The number of hydrogen-bond acceptors (Lipinski definition) is 6. The molecule has 0 radical (unpaired) electrons. The van der Waals surface area contributed by atoms with Gasteiger partial charge in [0.1, 0.15) is 0 Å². The van der Waals surface area contributed by atoms with Crippen molar-refractivity contribution in [2.45, 2.75) is 19.4 Å². The Morgan fingerprint density at radius 1 is 1.42 bits per heavy atom. The summed E-state index contributed by atoms with van der Waals surface area (Å²) in [6.45, 7) is 3.47. The highest BCUT2D eigenvalue weighted by Crippen LogP contribution is 2.19. The lowest BCUT2D eigenvalue weighted by Crippen LogP contribution is -2.34. The van der Waals surface area contributed by atoms with E-state index in [-0.39, 0.29) is 29.9 Å². The SMILES string of the molecule is COC(=O)c1cccc2c1cnn2CCCCNC1=NCCN1.I. The molecule has 7 nitrogen and oxygen atoms in total. The molecule has 1 aliphatic rings. The van der Waals surface area contributed by atoms with Gasteiger partial charge < -0.3 is 15.4 Å². The third-order valence-electron chi connectivity index (χ3n) is 3.86. The summed E-state index contributed by atoms with van der Waals surface area (Å²) in [4.78, 5) is 16.1. The number of esters is 1. The van der Waals surface area contributed by atoms with Gasteiger partial charge in [0.05, 0.1) is 30.9 Å². The smallest absolute Gasteiger partial charge is 0.338 e. The van der Waals surface area contributed by atoms with Crippen LogP contribution < -0.4 is 10.6 Å². The van der Waals surface area contributed by atoms with Crippen molar-refractivity contribution >= 4 is 46.8 Å². The predicted octanol–water partition coefficient (Wildman–Crippen LogP) is 1.77. The van der Waals surface area contributed by atoms with E-state index in [4.69, 9.17) is 4.74 Å². The van der Waals surface area contributed by atoms with E-state index in [1.54, 1.807) is 12.3 Å². The summed E-state index contributed by atoms with van der Waals surface area (Å²) in [7, 11) is 1.39. The highest BCUT2D eigenvalue weighted by atomic mass is 127. The maximum atomic E-state index is 11.8. The lowest BCUT2D eigenvalue weighted by molar-refractivity contribution is 0.0603. The van der Waals surface area contributed by atoms with Gasteiger partial charge in [0.15, 0.2) is 5.96 Å². The summed E-state index contributed by atoms with van der Waals surface area (Å²) in [5, 5.41) is 11.7. The number of guanidine groups is 1. The number of benzene rings is 1. The molecular weight excluding hydrogens is 421 g/mol. The van der Waals surface area contributed by atoms with Crippen LogP contribution >= 0.6 is 24.0 Å². The second-order valence-electron chi connectivity index (χ2n) is 5.39. The van der Waals surface area contributed by atoms with E-state index < -0.39 is 0 Å². The number of rotatable bonds is 6. The Morgan fingerprint density at radius 3 is 3.04 bits per heavy atom. The maximum Gasteiger partial charge on any atom is 0.338 e. The van der Waals surface area contributed by atoms with E-state index in [0.29, 0.717) is 5.56 Å². The Bertz CT molecular complexity index is 728. The standard InChI is InChI=1S/C16H21N5O2.HI/c1-23-15(22)12-5-4-6-14-13(12)11-20-21(14)10-3-2-7-17-16-18-8-9-19-16;/h4-6,11H,2-3,7-10H2,1H3,(H2,17,18,19);1H. The van der Waals surface area contributed by atoms with Crippen molar-refractivity contribution in [3.05, 3.63) is 30.0 Å². The van der Waals surface area contributed by atoms with E-state index in [9.17, 15) is 4.79 Å². The Balaban J connectivity index is 0.00000208. The second kappa shape index (κ2) is 8.86. The molecule has 1 aromatic heterocycles. The number of carbonyl (C=O) groups is 1. The van der Waals surface area contributed by atoms with Crippen LogP contribution in [0.3, 0.4) is 0 Å². The van der Waals surface area contributed by atoms with Crippen LogP contribution in [0.15, 0.2) is 29.4 Å². The average molecular weight is 443 g/mol. The topological polar surface area (TPSA) is 80.5 Å². The van der Waals surface area contributed by atoms with E-state index in [1.807, 2.05) is 16.8 Å². The monoisotopic (exact) mass is 443 g/mol. The summed E-state index contributed by atoms with van der Waals surface area (Å²) in [5.74, 6) is 0.571. The Kier molecular flexibility index (Phi) is 6.83. The quantitative estimate of drug-likeness (QED) is 0.404. The predicted molar refractivity (Wildman–Crippen MR) is 104 cm³/mol. The molecule has 2 aromatic rings. The molecule has 1 aromatic carbocycles. The molecule has 2 heterocycles. The molecule has 8 heteroatoms. The van der Waals surface area contributed by atoms with Gasteiger partial charge in [-0.2, -0.15) is 5.10 Å². The molecule has 130 valence electrons. The van der Waals surface area contributed by atoms with E-state index >= 15 is 0 Å². The fraction of sp³-hybridized carbons (Fsp3) is 0.438. The second-order valence-corrected chi connectivity index (χ2v) is 5.39. The van der Waals surface area contributed by atoms with Crippen LogP contribution in [0.5, 0.6) is 0 Å². The van der Waals surface area contributed by atoms with Gasteiger partial charge in [-0.05, 0) is 25.0 Å². The number of halogens is 1. The first-order valence-corrected chi connectivity index (χ1v) is 7.84. The van der Waals surface area contributed by atoms with Crippen LogP contribution in [0.4, 0.5) is 0 Å². The minimum absolute atomic E-state index is 0. The fourth-order valence-electron chi connectivity index (χ4n) is 2.68. The molecule has 3 rings (SSSR count). The molecule has 2 N–H and O–H groups in total. The van der Waals surface area contributed by atoms with Gasteiger partial charge in [-0.15, -0.1) is 24.0 Å². The first kappa shape index (κ1) is 18.5. The molecule has 0 fully saturated rings. The van der Waals surface area contributed by atoms with E-state index in [0.717, 1.165) is 55.9 Å². The normalized spacial score (nSPS) is 13.1. The van der Waals surface area contributed by atoms with Crippen molar-refractivity contribution in [3.63, 3.8) is 0 Å². The highest BCUT2D eigenvalue weighted by molar-refractivity contribution is 14.0. The number of fused-ring (bicyclic) bond motifs is 1. The lowest BCUT2D eigenvalue weighted by atomic mass is 10.1. The summed E-state index contributed by atoms with van der Waals surface area (Å²) in [6, 6.07) is 5.60. The lowest BCUT2D eigenvalue weighted by Gasteiger charge is -2.07. The van der Waals surface area contributed by atoms with Crippen LogP contribution in [-0.4, -0.2) is 48.5 Å². The number of ether oxygens (including phenoxy) is 1. The van der Waals surface area contributed by atoms with Crippen LogP contribution in [0.1, 0.15) is 23.2 Å². The van der Waals surface area contributed by atoms with Crippen LogP contribution in [0.2, 0.25) is 0 Å². The third-order valence-corrected chi connectivity index (χ3v) is 3.86. The highest BCUT2D eigenvalue weighted by Gasteiger charge is 2.13. The minimum atomic E-state index is -0.329. The van der Waals surface area contributed by atoms with Gasteiger partial charge in [0, 0.05) is 25.0 Å². The Hall–Kier alpha value is -1.84. The van der Waals surface area contributed by atoms with E-state index in [1.165, 1.54) is 7.11 Å². The van der Waals surface area contributed by atoms with Gasteiger partial charge in [-0.3, -0.25) is 9.67 Å². The molecule has 0 amide bonds. The fourth-order valence-corrected chi connectivity index (χ4v) is 2.68. The van der Waals surface area contributed by atoms with Crippen molar-refractivity contribution in [2.24, 2.45) is 4.99 Å². The third kappa shape index (κ3) is 4.16. The number of methoxy groups -OCH3 is 1. The molecule has 0 unspecified atom stereocenters. The number of aliphatic imine (C=N–C) groups is 1. The summed E-state index contributed by atoms with van der Waals surface area (Å²) in [5.41, 5.74) is 1.52. The van der Waals surface area contributed by atoms with Crippen molar-refractivity contribution < 1.29 is 9.53 Å². The number of unbranched alkanes of at least 4 members (excludes halogenated alkanes) is 1. The zero-order valence-electron chi connectivity index (χ0n) is 13.6. The molecule has 0 saturated heterocycles. The molecule has 0 saturated carbocycles. The number of nitrogens with zero attached hydrogens (tertiary/aromatic N) is 3. The average Bonchev–Trinajstić information content (AvgIpc) is 3.23. The summed E-state index contributed by atoms with van der Waals surface area (Å²) < 4.78 is 6.75. The van der Waals surface area contributed by atoms with Crippen LogP contribution in [-0.2, 0) is 11.3 Å². The molecule has 24 heavy (non-hydrogen) atoms. The molecule has 0 bridgehead atoms.